The predicted octanol–water partition coefficient (Wildman–Crippen LogP) is 2.19. The molecule has 0 N–H and O–H groups in total. The van der Waals surface area contributed by atoms with Gasteiger partial charge in [-0.3, -0.25) is 4.79 Å². The van der Waals surface area contributed by atoms with Gasteiger partial charge in [0.1, 0.15) is 0 Å². The van der Waals surface area contributed by atoms with E-state index in [1.165, 1.54) is 10.9 Å². The van der Waals surface area contributed by atoms with Crippen molar-refractivity contribution in [3.63, 3.8) is 0 Å². The first-order chi connectivity index (χ1) is 7.25. The third kappa shape index (κ3) is 1.21. The first-order valence-electron chi connectivity index (χ1n) is 5.37. The number of nitrogens with zero attached hydrogens (tertiary/aromatic N) is 1. The van der Waals surface area contributed by atoms with E-state index in [1.807, 2.05) is 10.6 Å². The standard InChI is InChI=1S/C13H13NO/c1-9-7-11-4-2-3-10-5-6-12(15)14(8-9)13(10)11/h2-6,9H,7-8H2,1H3. The minimum atomic E-state index is 0.126. The third-order valence-corrected chi connectivity index (χ3v) is 3.15. The number of para-hydroxylation sites is 1. The van der Waals surface area contributed by atoms with E-state index < -0.39 is 0 Å². The molecule has 1 aliphatic rings. The molecule has 2 heteroatoms. The fourth-order valence-electron chi connectivity index (χ4n) is 2.53. The zero-order valence-electron chi connectivity index (χ0n) is 8.73. The number of hydrogen-bond acceptors (Lipinski definition) is 1. The van der Waals surface area contributed by atoms with Crippen molar-refractivity contribution in [2.45, 2.75) is 19.9 Å². The maximum absolute atomic E-state index is 11.8. The van der Waals surface area contributed by atoms with Crippen molar-refractivity contribution >= 4 is 10.9 Å². The van der Waals surface area contributed by atoms with Crippen molar-refractivity contribution in [2.24, 2.45) is 5.92 Å². The van der Waals surface area contributed by atoms with E-state index in [0.717, 1.165) is 18.5 Å². The molecule has 0 saturated carbocycles. The Labute approximate surface area is 88.2 Å². The maximum atomic E-state index is 11.8. The average molecular weight is 199 g/mol. The van der Waals surface area contributed by atoms with E-state index >= 15 is 0 Å². The highest BCUT2D eigenvalue weighted by molar-refractivity contribution is 5.82. The molecule has 2 nitrogen and oxygen atoms in total. The second-order valence-electron chi connectivity index (χ2n) is 4.45. The summed E-state index contributed by atoms with van der Waals surface area (Å²) in [5, 5.41) is 1.18. The van der Waals surface area contributed by atoms with Crippen LogP contribution in [0.3, 0.4) is 0 Å². The highest BCUT2D eigenvalue weighted by Gasteiger charge is 2.17. The van der Waals surface area contributed by atoms with Crippen LogP contribution in [0.5, 0.6) is 0 Å². The summed E-state index contributed by atoms with van der Waals surface area (Å²) in [6.45, 7) is 3.05. The summed E-state index contributed by atoms with van der Waals surface area (Å²) in [4.78, 5) is 11.8. The van der Waals surface area contributed by atoms with Crippen LogP contribution in [0, 0.1) is 5.92 Å². The average Bonchev–Trinajstić information content (AvgIpc) is 2.23. The van der Waals surface area contributed by atoms with Gasteiger partial charge in [0.2, 0.25) is 0 Å². The van der Waals surface area contributed by atoms with Gasteiger partial charge < -0.3 is 4.57 Å². The Morgan fingerprint density at radius 3 is 3.00 bits per heavy atom. The SMILES string of the molecule is CC1Cc2cccc3ccc(=O)n(c23)C1. The van der Waals surface area contributed by atoms with E-state index in [4.69, 9.17) is 0 Å². The van der Waals surface area contributed by atoms with E-state index in [-0.39, 0.29) is 5.56 Å². The topological polar surface area (TPSA) is 22.0 Å². The Morgan fingerprint density at radius 1 is 1.27 bits per heavy atom. The van der Waals surface area contributed by atoms with Crippen molar-refractivity contribution in [1.29, 1.82) is 0 Å². The van der Waals surface area contributed by atoms with Gasteiger partial charge in [0.15, 0.2) is 0 Å². The quantitative estimate of drug-likeness (QED) is 0.637. The summed E-state index contributed by atoms with van der Waals surface area (Å²) in [6.07, 6.45) is 1.08. The van der Waals surface area contributed by atoms with Crippen LogP contribution < -0.4 is 5.56 Å². The molecular formula is C13H13NO. The monoisotopic (exact) mass is 199 g/mol. The van der Waals surface area contributed by atoms with Crippen molar-refractivity contribution in [2.75, 3.05) is 0 Å². The number of benzene rings is 1. The molecule has 3 rings (SSSR count). The highest BCUT2D eigenvalue weighted by atomic mass is 16.1. The summed E-state index contributed by atoms with van der Waals surface area (Å²) in [5.74, 6) is 0.559. The molecule has 0 spiro atoms. The first kappa shape index (κ1) is 8.72. The van der Waals surface area contributed by atoms with Crippen molar-refractivity contribution < 1.29 is 0 Å². The molecule has 1 aromatic carbocycles. The van der Waals surface area contributed by atoms with Crippen molar-refractivity contribution in [3.8, 4) is 0 Å². The second-order valence-corrected chi connectivity index (χ2v) is 4.45. The fraction of sp³-hybridized carbons (Fsp3) is 0.308. The molecule has 0 aliphatic carbocycles. The fourth-order valence-corrected chi connectivity index (χ4v) is 2.53. The largest absolute Gasteiger partial charge is 0.308 e. The minimum Gasteiger partial charge on any atom is -0.308 e. The van der Waals surface area contributed by atoms with Crippen LogP contribution in [0.1, 0.15) is 12.5 Å². The number of rotatable bonds is 0. The number of aromatic nitrogens is 1. The Hall–Kier alpha value is -1.57. The lowest BCUT2D eigenvalue weighted by atomic mass is 9.94. The number of hydrogen-bond donors (Lipinski definition) is 0. The smallest absolute Gasteiger partial charge is 0.251 e. The molecule has 2 aromatic rings. The summed E-state index contributed by atoms with van der Waals surface area (Å²) in [5.41, 5.74) is 2.58. The van der Waals surface area contributed by atoms with E-state index in [2.05, 4.69) is 25.1 Å². The molecule has 0 radical (unpaired) electrons. The van der Waals surface area contributed by atoms with Gasteiger partial charge in [-0.25, -0.2) is 0 Å². The van der Waals surface area contributed by atoms with Crippen LogP contribution in [0.15, 0.2) is 35.1 Å². The molecule has 0 saturated heterocycles. The molecule has 1 atom stereocenters. The van der Waals surface area contributed by atoms with Crippen LogP contribution in [0.2, 0.25) is 0 Å². The summed E-state index contributed by atoms with van der Waals surface area (Å²) < 4.78 is 1.92. The zero-order valence-corrected chi connectivity index (χ0v) is 8.73. The van der Waals surface area contributed by atoms with Crippen molar-refractivity contribution in [3.05, 3.63) is 46.2 Å². The number of pyridine rings is 1. The van der Waals surface area contributed by atoms with Gasteiger partial charge in [-0.1, -0.05) is 25.1 Å². The minimum absolute atomic E-state index is 0.126. The van der Waals surface area contributed by atoms with Gasteiger partial charge in [-0.15, -0.1) is 0 Å². The predicted molar refractivity (Wildman–Crippen MR) is 61.1 cm³/mol. The summed E-state index contributed by atoms with van der Waals surface area (Å²) in [7, 11) is 0. The Bertz CT molecular complexity index is 583. The van der Waals surface area contributed by atoms with Gasteiger partial charge >= 0.3 is 0 Å². The lowest BCUT2D eigenvalue weighted by Crippen LogP contribution is -2.27. The molecule has 1 aliphatic heterocycles. The van der Waals surface area contributed by atoms with Crippen LogP contribution >= 0.6 is 0 Å². The molecule has 2 heterocycles. The van der Waals surface area contributed by atoms with Crippen molar-refractivity contribution in [1.82, 2.24) is 4.57 Å². The Balaban J connectivity index is 2.48. The summed E-state index contributed by atoms with van der Waals surface area (Å²) >= 11 is 0. The second kappa shape index (κ2) is 2.96. The molecule has 1 unspecified atom stereocenters. The summed E-state index contributed by atoms with van der Waals surface area (Å²) in [6, 6.07) is 9.88. The first-order valence-corrected chi connectivity index (χ1v) is 5.37. The molecule has 0 fully saturated rings. The van der Waals surface area contributed by atoms with Gasteiger partial charge in [0.25, 0.3) is 5.56 Å². The molecule has 0 bridgehead atoms. The lowest BCUT2D eigenvalue weighted by molar-refractivity contribution is 0.461. The van der Waals surface area contributed by atoms with E-state index in [9.17, 15) is 4.79 Å². The zero-order chi connectivity index (χ0) is 10.4. The molecule has 1 aromatic heterocycles. The highest BCUT2D eigenvalue weighted by Crippen LogP contribution is 2.25. The van der Waals surface area contributed by atoms with E-state index in [0.29, 0.717) is 5.92 Å². The Kier molecular flexibility index (Phi) is 1.72. The van der Waals surface area contributed by atoms with Crippen LogP contribution in [0.25, 0.3) is 10.9 Å². The molecular weight excluding hydrogens is 186 g/mol. The third-order valence-electron chi connectivity index (χ3n) is 3.15. The molecule has 0 amide bonds. The van der Waals surface area contributed by atoms with Gasteiger partial charge in [-0.2, -0.15) is 0 Å². The Morgan fingerprint density at radius 2 is 2.13 bits per heavy atom. The van der Waals surface area contributed by atoms with Gasteiger partial charge in [-0.05, 0) is 29.4 Å². The van der Waals surface area contributed by atoms with Crippen LogP contribution in [-0.2, 0) is 13.0 Å². The van der Waals surface area contributed by atoms with Crippen LogP contribution in [0.4, 0.5) is 0 Å². The molecule has 76 valence electrons. The van der Waals surface area contributed by atoms with Gasteiger partial charge in [0, 0.05) is 12.6 Å². The van der Waals surface area contributed by atoms with Gasteiger partial charge in [0.05, 0.1) is 5.52 Å². The maximum Gasteiger partial charge on any atom is 0.251 e. The van der Waals surface area contributed by atoms with E-state index in [1.54, 1.807) is 6.07 Å². The normalized spacial score (nSPS) is 19.4. The molecule has 15 heavy (non-hydrogen) atoms. The lowest BCUT2D eigenvalue weighted by Gasteiger charge is -2.23. The van der Waals surface area contributed by atoms with Crippen LogP contribution in [-0.4, -0.2) is 4.57 Å².